The van der Waals surface area contributed by atoms with Crippen LogP contribution >= 0.6 is 0 Å². The maximum Gasteiger partial charge on any atom is 0.453 e. The number of Topliss-reactive ketones (excluding diaryl/α,β-unsaturated/α-hetero) is 1. The van der Waals surface area contributed by atoms with E-state index in [2.05, 4.69) is 5.16 Å². The first kappa shape index (κ1) is 22.3. The third kappa shape index (κ3) is 7.47. The highest BCUT2D eigenvalue weighted by atomic mass is 19.4. The molecule has 0 saturated heterocycles. The summed E-state index contributed by atoms with van der Waals surface area (Å²) in [7, 11) is 0. The Morgan fingerprint density at radius 2 is 1.48 bits per heavy atom. The number of ketones is 1. The maximum atomic E-state index is 12.5. The van der Waals surface area contributed by atoms with Gasteiger partial charge in [-0.1, -0.05) is 29.4 Å². The second-order valence-electron chi connectivity index (χ2n) is 5.81. The van der Waals surface area contributed by atoms with Crippen LogP contribution in [0.25, 0.3) is 0 Å². The van der Waals surface area contributed by atoms with Crippen molar-refractivity contribution in [3.8, 4) is 5.75 Å². The monoisotopic (exact) mass is 419 g/mol. The summed E-state index contributed by atoms with van der Waals surface area (Å²) in [6.45, 7) is -1.10. The molecule has 10 heteroatoms. The number of carbonyl (C=O) groups is 1. The van der Waals surface area contributed by atoms with E-state index in [0.29, 0.717) is 12.0 Å². The van der Waals surface area contributed by atoms with Gasteiger partial charge in [-0.25, -0.2) is 0 Å². The van der Waals surface area contributed by atoms with Crippen molar-refractivity contribution in [2.75, 3.05) is 6.61 Å². The smallest absolute Gasteiger partial charge is 0.453 e. The molecule has 2 rings (SSSR count). The molecule has 0 aliphatic carbocycles. The number of benzene rings is 2. The molecule has 0 bridgehead atoms. The normalized spacial score (nSPS) is 12.2. The van der Waals surface area contributed by atoms with Crippen molar-refractivity contribution in [3.63, 3.8) is 0 Å². The fraction of sp³-hybridized carbons (Fsp3) is 0.263. The Hall–Kier alpha value is -3.04. The standard InChI is InChI=1S/C19H15F6NO3/c20-18(21,22)15-5-1-14(2-6-15)11-29-26-10-9-13-3-7-16(8-4-13)28-12-17(27)19(23,24)25/h1-8,10H,9,11-12H2. The summed E-state index contributed by atoms with van der Waals surface area (Å²) in [6.07, 6.45) is -7.56. The molecule has 0 saturated carbocycles. The zero-order valence-corrected chi connectivity index (χ0v) is 14.8. The third-order valence-corrected chi connectivity index (χ3v) is 3.60. The molecular formula is C19H15F6NO3. The fourth-order valence-corrected chi connectivity index (χ4v) is 2.05. The number of halogens is 6. The Bertz CT molecular complexity index is 827. The molecule has 156 valence electrons. The van der Waals surface area contributed by atoms with Crippen LogP contribution in [-0.4, -0.2) is 24.8 Å². The van der Waals surface area contributed by atoms with Gasteiger partial charge in [0, 0.05) is 12.6 Å². The Morgan fingerprint density at radius 1 is 0.897 bits per heavy atom. The van der Waals surface area contributed by atoms with Crippen molar-refractivity contribution >= 4 is 12.0 Å². The Kier molecular flexibility index (Phi) is 7.24. The van der Waals surface area contributed by atoms with Gasteiger partial charge in [-0.2, -0.15) is 26.3 Å². The molecule has 0 aromatic heterocycles. The lowest BCUT2D eigenvalue weighted by molar-refractivity contribution is -0.173. The second-order valence-corrected chi connectivity index (χ2v) is 5.81. The minimum absolute atomic E-state index is 0.00531. The average molecular weight is 419 g/mol. The largest absolute Gasteiger partial charge is 0.485 e. The summed E-state index contributed by atoms with van der Waals surface area (Å²) in [4.78, 5) is 15.7. The van der Waals surface area contributed by atoms with Crippen LogP contribution in [0.1, 0.15) is 16.7 Å². The van der Waals surface area contributed by atoms with E-state index in [1.165, 1.54) is 30.5 Å². The summed E-state index contributed by atoms with van der Waals surface area (Å²) in [5.74, 6) is -1.86. The van der Waals surface area contributed by atoms with Crippen LogP contribution in [-0.2, 0) is 28.8 Å². The number of rotatable bonds is 8. The zero-order chi connectivity index (χ0) is 21.5. The number of oxime groups is 1. The molecule has 0 atom stereocenters. The number of alkyl halides is 6. The van der Waals surface area contributed by atoms with Gasteiger partial charge in [0.05, 0.1) is 5.56 Å². The molecule has 0 unspecified atom stereocenters. The highest BCUT2D eigenvalue weighted by molar-refractivity contribution is 5.85. The van der Waals surface area contributed by atoms with Crippen LogP contribution in [0, 0.1) is 0 Å². The molecule has 0 fully saturated rings. The van der Waals surface area contributed by atoms with E-state index in [-0.39, 0.29) is 12.4 Å². The van der Waals surface area contributed by atoms with Crippen molar-refractivity contribution < 1.29 is 40.7 Å². The van der Waals surface area contributed by atoms with Crippen molar-refractivity contribution in [1.29, 1.82) is 0 Å². The fourth-order valence-electron chi connectivity index (χ4n) is 2.05. The van der Waals surface area contributed by atoms with Gasteiger partial charge in [0.15, 0.2) is 6.61 Å². The number of hydrogen-bond donors (Lipinski definition) is 0. The SMILES string of the molecule is O=C(COc1ccc(CC=NOCc2ccc(C(F)(F)F)cc2)cc1)C(F)(F)F. The van der Waals surface area contributed by atoms with E-state index >= 15 is 0 Å². The first-order valence-corrected chi connectivity index (χ1v) is 8.17. The second kappa shape index (κ2) is 9.44. The molecule has 0 N–H and O–H groups in total. The van der Waals surface area contributed by atoms with Crippen LogP contribution in [0.15, 0.2) is 53.7 Å². The van der Waals surface area contributed by atoms with Crippen LogP contribution in [0.2, 0.25) is 0 Å². The topological polar surface area (TPSA) is 47.9 Å². The van der Waals surface area contributed by atoms with Crippen molar-refractivity contribution in [1.82, 2.24) is 0 Å². The molecule has 0 aliphatic rings. The summed E-state index contributed by atoms with van der Waals surface area (Å²) >= 11 is 0. The maximum absolute atomic E-state index is 12.5. The van der Waals surface area contributed by atoms with Crippen LogP contribution in [0.4, 0.5) is 26.3 Å². The molecule has 29 heavy (non-hydrogen) atoms. The highest BCUT2D eigenvalue weighted by Gasteiger charge is 2.38. The average Bonchev–Trinajstić information content (AvgIpc) is 2.65. The lowest BCUT2D eigenvalue weighted by Gasteiger charge is -2.08. The van der Waals surface area contributed by atoms with Gasteiger partial charge in [0.2, 0.25) is 0 Å². The van der Waals surface area contributed by atoms with Gasteiger partial charge in [0.25, 0.3) is 5.78 Å². The van der Waals surface area contributed by atoms with E-state index in [1.54, 1.807) is 12.1 Å². The van der Waals surface area contributed by atoms with E-state index in [4.69, 9.17) is 9.57 Å². The van der Waals surface area contributed by atoms with Crippen LogP contribution in [0.3, 0.4) is 0 Å². The van der Waals surface area contributed by atoms with Crippen molar-refractivity contribution in [2.24, 2.45) is 5.16 Å². The molecule has 0 heterocycles. The highest BCUT2D eigenvalue weighted by Crippen LogP contribution is 2.29. The molecule has 0 amide bonds. The quantitative estimate of drug-likeness (QED) is 0.345. The van der Waals surface area contributed by atoms with Crippen LogP contribution < -0.4 is 4.74 Å². The number of carbonyl (C=O) groups excluding carboxylic acids is 1. The van der Waals surface area contributed by atoms with E-state index in [0.717, 1.165) is 17.7 Å². The Labute approximate surface area is 161 Å². The summed E-state index contributed by atoms with van der Waals surface area (Å²) in [5.41, 5.74) is 0.520. The minimum atomic E-state index is -4.93. The van der Waals surface area contributed by atoms with Gasteiger partial charge >= 0.3 is 12.4 Å². The van der Waals surface area contributed by atoms with Gasteiger partial charge in [-0.15, -0.1) is 0 Å². The molecule has 4 nitrogen and oxygen atoms in total. The lowest BCUT2D eigenvalue weighted by Crippen LogP contribution is -2.28. The van der Waals surface area contributed by atoms with Gasteiger partial charge in [-0.3, -0.25) is 4.79 Å². The first-order valence-electron chi connectivity index (χ1n) is 8.17. The minimum Gasteiger partial charge on any atom is -0.485 e. The summed E-state index contributed by atoms with van der Waals surface area (Å²) in [5, 5.41) is 3.69. The number of nitrogens with zero attached hydrogens (tertiary/aromatic N) is 1. The Balaban J connectivity index is 1.74. The van der Waals surface area contributed by atoms with Gasteiger partial charge in [-0.05, 0) is 35.4 Å². The van der Waals surface area contributed by atoms with E-state index < -0.39 is 30.3 Å². The van der Waals surface area contributed by atoms with E-state index in [1.807, 2.05) is 0 Å². The third-order valence-electron chi connectivity index (χ3n) is 3.60. The number of ether oxygens (including phenoxy) is 1. The van der Waals surface area contributed by atoms with Crippen LogP contribution in [0.5, 0.6) is 5.75 Å². The van der Waals surface area contributed by atoms with E-state index in [9.17, 15) is 31.1 Å². The van der Waals surface area contributed by atoms with Crippen molar-refractivity contribution in [3.05, 3.63) is 65.2 Å². The first-order chi connectivity index (χ1) is 13.6. The molecule has 2 aromatic rings. The predicted molar refractivity (Wildman–Crippen MR) is 91.4 cm³/mol. The molecule has 0 radical (unpaired) electrons. The molecule has 0 aliphatic heterocycles. The lowest BCUT2D eigenvalue weighted by atomic mass is 10.1. The predicted octanol–water partition coefficient (Wildman–Crippen LogP) is 4.96. The summed E-state index contributed by atoms with van der Waals surface area (Å²) < 4.78 is 78.4. The molecule has 2 aromatic carbocycles. The van der Waals surface area contributed by atoms with Gasteiger partial charge < -0.3 is 9.57 Å². The van der Waals surface area contributed by atoms with Gasteiger partial charge in [0.1, 0.15) is 12.4 Å². The molecular weight excluding hydrogens is 404 g/mol. The zero-order valence-electron chi connectivity index (χ0n) is 14.8. The summed E-state index contributed by atoms with van der Waals surface area (Å²) in [6, 6.07) is 10.5. The Morgan fingerprint density at radius 3 is 2.03 bits per heavy atom. The number of hydrogen-bond acceptors (Lipinski definition) is 4. The van der Waals surface area contributed by atoms with Crippen molar-refractivity contribution in [2.45, 2.75) is 25.4 Å². The molecule has 0 spiro atoms.